The molecule has 0 bridgehead atoms. The van der Waals surface area contributed by atoms with Gasteiger partial charge in [0.25, 0.3) is 0 Å². The molecule has 0 spiro atoms. The van der Waals surface area contributed by atoms with Crippen LogP contribution < -0.4 is 0 Å². The highest BCUT2D eigenvalue weighted by Gasteiger charge is 2.28. The zero-order valence-corrected chi connectivity index (χ0v) is 22.0. The van der Waals surface area contributed by atoms with Crippen LogP contribution in [0.4, 0.5) is 13.2 Å². The quantitative estimate of drug-likeness (QED) is 0.314. The summed E-state index contributed by atoms with van der Waals surface area (Å²) in [6, 6.07) is 15.6. The second kappa shape index (κ2) is 11.3. The Bertz CT molecular complexity index is 1260. The zero-order chi connectivity index (χ0) is 25.9. The average molecular weight is 503 g/mol. The zero-order valence-electron chi connectivity index (χ0n) is 22.0. The van der Waals surface area contributed by atoms with Gasteiger partial charge in [-0.15, -0.1) is 0 Å². The van der Waals surface area contributed by atoms with Gasteiger partial charge in [-0.2, -0.15) is 0 Å². The molecule has 1 saturated carbocycles. The Balaban J connectivity index is 1.26. The molecular formula is C34H37F3. The summed E-state index contributed by atoms with van der Waals surface area (Å²) < 4.78 is 43.6. The van der Waals surface area contributed by atoms with E-state index in [0.717, 1.165) is 41.7 Å². The topological polar surface area (TPSA) is 0 Å². The molecule has 2 aliphatic rings. The number of aryl methyl sites for hydroxylation is 1. The Morgan fingerprint density at radius 3 is 1.97 bits per heavy atom. The number of hydrogen-bond acceptors (Lipinski definition) is 0. The fraction of sp³-hybridized carbons (Fsp3) is 0.412. The fourth-order valence-electron chi connectivity index (χ4n) is 6.55. The Labute approximate surface area is 219 Å². The van der Waals surface area contributed by atoms with Crippen molar-refractivity contribution in [2.75, 3.05) is 0 Å². The van der Waals surface area contributed by atoms with Crippen molar-refractivity contribution in [2.45, 2.75) is 71.6 Å². The molecule has 0 nitrogen and oxygen atoms in total. The highest BCUT2D eigenvalue weighted by atomic mass is 19.2. The van der Waals surface area contributed by atoms with Crippen LogP contribution in [0.1, 0.15) is 75.8 Å². The minimum Gasteiger partial charge on any atom is -0.206 e. The largest absolute Gasteiger partial charge is 0.206 e. The second-order valence-corrected chi connectivity index (χ2v) is 11.2. The SMILES string of the molecule is CCCC1CCC(C2CC=C(c3ccc(-c4ccc(-c5ccc(C)c(F)c5F)cc4)c(F)c3)CC2)CC1. The van der Waals surface area contributed by atoms with Gasteiger partial charge in [0, 0.05) is 11.1 Å². The Hall–Kier alpha value is -2.81. The van der Waals surface area contributed by atoms with Gasteiger partial charge in [-0.3, -0.25) is 0 Å². The van der Waals surface area contributed by atoms with Gasteiger partial charge in [-0.25, -0.2) is 13.2 Å². The summed E-state index contributed by atoms with van der Waals surface area (Å²) in [5.41, 5.74) is 4.52. The number of halogens is 3. The molecule has 0 radical (unpaired) electrons. The van der Waals surface area contributed by atoms with Crippen molar-refractivity contribution in [1.82, 2.24) is 0 Å². The predicted octanol–water partition coefficient (Wildman–Crippen LogP) is 10.5. The normalized spacial score (nSPS) is 22.1. The molecule has 1 fully saturated rings. The molecular weight excluding hydrogens is 465 g/mol. The van der Waals surface area contributed by atoms with Crippen LogP contribution in [-0.4, -0.2) is 0 Å². The molecule has 2 aliphatic carbocycles. The van der Waals surface area contributed by atoms with E-state index in [1.165, 1.54) is 50.5 Å². The van der Waals surface area contributed by atoms with Crippen molar-refractivity contribution in [2.24, 2.45) is 17.8 Å². The minimum absolute atomic E-state index is 0.210. The maximum absolute atomic E-state index is 15.2. The molecule has 3 aromatic rings. The van der Waals surface area contributed by atoms with Crippen LogP contribution in [0.3, 0.4) is 0 Å². The molecule has 37 heavy (non-hydrogen) atoms. The summed E-state index contributed by atoms with van der Waals surface area (Å²) in [6.07, 6.45) is 13.9. The van der Waals surface area contributed by atoms with Gasteiger partial charge < -0.3 is 0 Å². The van der Waals surface area contributed by atoms with E-state index in [1.54, 1.807) is 49.4 Å². The molecule has 0 amide bonds. The number of allylic oxidation sites excluding steroid dienone is 2. The second-order valence-electron chi connectivity index (χ2n) is 11.2. The lowest BCUT2D eigenvalue weighted by Gasteiger charge is -2.35. The lowest BCUT2D eigenvalue weighted by atomic mass is 9.70. The van der Waals surface area contributed by atoms with E-state index in [4.69, 9.17) is 0 Å². The van der Waals surface area contributed by atoms with Crippen LogP contribution in [0.15, 0.2) is 60.7 Å². The Morgan fingerprint density at radius 1 is 0.703 bits per heavy atom. The summed E-state index contributed by atoms with van der Waals surface area (Å²) in [7, 11) is 0. The van der Waals surface area contributed by atoms with E-state index < -0.39 is 11.6 Å². The van der Waals surface area contributed by atoms with Gasteiger partial charge in [0.15, 0.2) is 11.6 Å². The summed E-state index contributed by atoms with van der Waals surface area (Å²) in [6.45, 7) is 3.83. The van der Waals surface area contributed by atoms with Crippen LogP contribution in [0.5, 0.6) is 0 Å². The number of hydrogen-bond donors (Lipinski definition) is 0. The van der Waals surface area contributed by atoms with Crippen LogP contribution in [-0.2, 0) is 0 Å². The van der Waals surface area contributed by atoms with E-state index in [2.05, 4.69) is 13.0 Å². The van der Waals surface area contributed by atoms with Crippen molar-refractivity contribution in [3.8, 4) is 22.3 Å². The van der Waals surface area contributed by atoms with E-state index in [0.29, 0.717) is 11.1 Å². The van der Waals surface area contributed by atoms with Crippen LogP contribution in [0.2, 0.25) is 0 Å². The van der Waals surface area contributed by atoms with E-state index in [1.807, 2.05) is 12.1 Å². The monoisotopic (exact) mass is 502 g/mol. The molecule has 5 rings (SSSR count). The molecule has 1 atom stereocenters. The smallest absolute Gasteiger partial charge is 0.166 e. The molecule has 0 saturated heterocycles. The van der Waals surface area contributed by atoms with Crippen molar-refractivity contribution < 1.29 is 13.2 Å². The first kappa shape index (κ1) is 25.8. The summed E-state index contributed by atoms with van der Waals surface area (Å²) in [5, 5.41) is 0. The summed E-state index contributed by atoms with van der Waals surface area (Å²) in [5.74, 6) is 0.649. The predicted molar refractivity (Wildman–Crippen MR) is 148 cm³/mol. The van der Waals surface area contributed by atoms with E-state index >= 15 is 4.39 Å². The van der Waals surface area contributed by atoms with Gasteiger partial charge in [-0.1, -0.05) is 87.2 Å². The highest BCUT2D eigenvalue weighted by molar-refractivity contribution is 5.74. The number of rotatable bonds is 6. The van der Waals surface area contributed by atoms with Crippen molar-refractivity contribution in [1.29, 1.82) is 0 Å². The molecule has 194 valence electrons. The third kappa shape index (κ3) is 5.56. The van der Waals surface area contributed by atoms with Gasteiger partial charge >= 0.3 is 0 Å². The Kier molecular flexibility index (Phi) is 7.88. The van der Waals surface area contributed by atoms with Gasteiger partial charge in [-0.05, 0) is 90.7 Å². The third-order valence-corrected chi connectivity index (χ3v) is 8.83. The number of benzene rings is 3. The molecule has 0 aliphatic heterocycles. The van der Waals surface area contributed by atoms with Crippen LogP contribution in [0, 0.1) is 42.1 Å². The molecule has 3 heteroatoms. The van der Waals surface area contributed by atoms with E-state index in [-0.39, 0.29) is 16.9 Å². The lowest BCUT2D eigenvalue weighted by Crippen LogP contribution is -2.23. The standard InChI is InChI=1S/C34H37F3/c1-3-4-23-6-8-24(9-7-23)25-10-12-26(13-11-25)29-18-20-30(32(35)21-29)27-14-16-28(17-15-27)31-19-5-22(2)33(36)34(31)37/h5,12,14-21,23-25H,3-4,6-11,13H2,1-2H3. The fourth-order valence-corrected chi connectivity index (χ4v) is 6.55. The van der Waals surface area contributed by atoms with Crippen LogP contribution in [0.25, 0.3) is 27.8 Å². The highest BCUT2D eigenvalue weighted by Crippen LogP contribution is 2.42. The molecule has 0 heterocycles. The summed E-state index contributed by atoms with van der Waals surface area (Å²) in [4.78, 5) is 0. The van der Waals surface area contributed by atoms with Crippen LogP contribution >= 0.6 is 0 Å². The Morgan fingerprint density at radius 2 is 1.35 bits per heavy atom. The first-order valence-electron chi connectivity index (χ1n) is 14.0. The maximum atomic E-state index is 15.2. The van der Waals surface area contributed by atoms with Gasteiger partial charge in [0.05, 0.1) is 0 Å². The van der Waals surface area contributed by atoms with Gasteiger partial charge in [0.1, 0.15) is 5.82 Å². The molecule has 0 aromatic heterocycles. The first-order valence-corrected chi connectivity index (χ1v) is 14.0. The van der Waals surface area contributed by atoms with Crippen molar-refractivity contribution >= 4 is 5.57 Å². The molecule has 3 aromatic carbocycles. The van der Waals surface area contributed by atoms with Crippen molar-refractivity contribution in [3.05, 3.63) is 89.3 Å². The average Bonchev–Trinajstić information content (AvgIpc) is 2.93. The molecule has 1 unspecified atom stereocenters. The van der Waals surface area contributed by atoms with Crippen molar-refractivity contribution in [3.63, 3.8) is 0 Å². The minimum atomic E-state index is -0.851. The third-order valence-electron chi connectivity index (χ3n) is 8.83. The lowest BCUT2D eigenvalue weighted by molar-refractivity contribution is 0.189. The summed E-state index contributed by atoms with van der Waals surface area (Å²) >= 11 is 0. The molecule has 0 N–H and O–H groups in total. The maximum Gasteiger partial charge on any atom is 0.166 e. The first-order chi connectivity index (χ1) is 17.9. The van der Waals surface area contributed by atoms with Gasteiger partial charge in [0.2, 0.25) is 0 Å². The van der Waals surface area contributed by atoms with E-state index in [9.17, 15) is 8.78 Å².